The van der Waals surface area contributed by atoms with Gasteiger partial charge in [0.25, 0.3) is 0 Å². The second-order valence-corrected chi connectivity index (χ2v) is 5.54. The highest BCUT2D eigenvalue weighted by molar-refractivity contribution is 9.10. The Morgan fingerprint density at radius 3 is 2.56 bits per heavy atom. The van der Waals surface area contributed by atoms with E-state index in [1.165, 1.54) is 5.69 Å². The Hall–Kier alpha value is -0.390. The number of aliphatic hydroxyl groups excluding tert-OH is 1. The summed E-state index contributed by atoms with van der Waals surface area (Å²) in [4.78, 5) is 0. The zero-order valence-electron chi connectivity index (χ0n) is 11.7. The molecule has 5 heteroatoms. The maximum absolute atomic E-state index is 9.35. The van der Waals surface area contributed by atoms with Gasteiger partial charge >= 0.3 is 0 Å². The molecule has 4 nitrogen and oxygen atoms in total. The van der Waals surface area contributed by atoms with E-state index in [9.17, 15) is 5.11 Å². The number of rotatable bonds is 7. The highest BCUT2D eigenvalue weighted by Crippen LogP contribution is 2.22. The van der Waals surface area contributed by atoms with Gasteiger partial charge in [-0.15, -0.1) is 0 Å². The van der Waals surface area contributed by atoms with Crippen LogP contribution in [0.1, 0.15) is 45.5 Å². The first-order valence-corrected chi connectivity index (χ1v) is 7.44. The van der Waals surface area contributed by atoms with E-state index in [1.54, 1.807) is 0 Å². The lowest BCUT2D eigenvalue weighted by molar-refractivity contribution is 0.170. The van der Waals surface area contributed by atoms with Crippen molar-refractivity contribution in [2.45, 2.75) is 65.8 Å². The number of nitrogens with zero attached hydrogens (tertiary/aromatic N) is 2. The highest BCUT2D eigenvalue weighted by Gasteiger charge is 2.14. The summed E-state index contributed by atoms with van der Waals surface area (Å²) in [5, 5.41) is 17.3. The Morgan fingerprint density at radius 2 is 2.06 bits per heavy atom. The number of aryl methyl sites for hydroxylation is 2. The minimum Gasteiger partial charge on any atom is -0.393 e. The summed E-state index contributed by atoms with van der Waals surface area (Å²) in [6, 6.07) is 0.294. The molecule has 1 aromatic rings. The van der Waals surface area contributed by atoms with Crippen LogP contribution in [0, 0.1) is 0 Å². The SMILES string of the molecule is CCc1nn(CC)c(CNC(C)CC(C)O)c1Br. The van der Waals surface area contributed by atoms with E-state index >= 15 is 0 Å². The molecular weight excluding hydrogens is 294 g/mol. The average Bonchev–Trinajstić information content (AvgIpc) is 2.62. The third-order valence-corrected chi connectivity index (χ3v) is 3.92. The third kappa shape index (κ3) is 4.07. The zero-order chi connectivity index (χ0) is 13.7. The first-order valence-electron chi connectivity index (χ1n) is 6.65. The van der Waals surface area contributed by atoms with Gasteiger partial charge in [0.05, 0.1) is 22.0 Å². The molecule has 0 aliphatic carbocycles. The molecule has 0 radical (unpaired) electrons. The smallest absolute Gasteiger partial charge is 0.0767 e. The molecule has 2 N–H and O–H groups in total. The van der Waals surface area contributed by atoms with Gasteiger partial charge in [-0.25, -0.2) is 0 Å². The minimum absolute atomic E-state index is 0.266. The maximum Gasteiger partial charge on any atom is 0.0767 e. The van der Waals surface area contributed by atoms with Gasteiger partial charge < -0.3 is 10.4 Å². The molecule has 0 aromatic carbocycles. The first-order chi connectivity index (χ1) is 8.49. The largest absolute Gasteiger partial charge is 0.393 e. The first kappa shape index (κ1) is 15.7. The van der Waals surface area contributed by atoms with Crippen molar-refractivity contribution >= 4 is 15.9 Å². The van der Waals surface area contributed by atoms with Crippen LogP contribution >= 0.6 is 15.9 Å². The summed E-state index contributed by atoms with van der Waals surface area (Å²) in [6.07, 6.45) is 1.43. The summed E-state index contributed by atoms with van der Waals surface area (Å²) in [6.45, 7) is 9.77. The van der Waals surface area contributed by atoms with E-state index in [0.29, 0.717) is 6.04 Å². The van der Waals surface area contributed by atoms with Gasteiger partial charge in [-0.2, -0.15) is 5.10 Å². The Bertz CT molecular complexity index is 377. The highest BCUT2D eigenvalue weighted by atomic mass is 79.9. The molecular formula is C13H24BrN3O. The summed E-state index contributed by atoms with van der Waals surface area (Å²) in [7, 11) is 0. The zero-order valence-corrected chi connectivity index (χ0v) is 13.3. The van der Waals surface area contributed by atoms with E-state index < -0.39 is 0 Å². The molecule has 0 amide bonds. The minimum atomic E-state index is -0.266. The monoisotopic (exact) mass is 317 g/mol. The quantitative estimate of drug-likeness (QED) is 0.812. The lowest BCUT2D eigenvalue weighted by Gasteiger charge is -2.16. The van der Waals surface area contributed by atoms with E-state index in [0.717, 1.165) is 36.1 Å². The van der Waals surface area contributed by atoms with Crippen molar-refractivity contribution in [2.75, 3.05) is 0 Å². The molecule has 0 fully saturated rings. The normalized spacial score (nSPS) is 14.8. The van der Waals surface area contributed by atoms with Crippen molar-refractivity contribution in [3.05, 3.63) is 15.9 Å². The van der Waals surface area contributed by atoms with Crippen LogP contribution in [0.2, 0.25) is 0 Å². The van der Waals surface area contributed by atoms with Gasteiger partial charge in [0.1, 0.15) is 0 Å². The van der Waals surface area contributed by atoms with Crippen LogP contribution in [-0.4, -0.2) is 27.0 Å². The molecule has 2 unspecified atom stereocenters. The molecule has 104 valence electrons. The maximum atomic E-state index is 9.35. The van der Waals surface area contributed by atoms with Crippen molar-refractivity contribution in [1.29, 1.82) is 0 Å². The molecule has 18 heavy (non-hydrogen) atoms. The average molecular weight is 318 g/mol. The fourth-order valence-corrected chi connectivity index (χ4v) is 2.76. The molecule has 0 aliphatic heterocycles. The standard InChI is InChI=1S/C13H24BrN3O/c1-5-11-13(14)12(17(6-2)16-11)8-15-9(3)7-10(4)18/h9-10,15,18H,5-8H2,1-4H3. The molecule has 1 heterocycles. The second kappa shape index (κ2) is 7.26. The predicted octanol–water partition coefficient (Wildman–Crippen LogP) is 2.48. The lowest BCUT2D eigenvalue weighted by atomic mass is 10.1. The third-order valence-electron chi connectivity index (χ3n) is 3.01. The fraction of sp³-hybridized carbons (Fsp3) is 0.769. The van der Waals surface area contributed by atoms with Crippen molar-refractivity contribution in [1.82, 2.24) is 15.1 Å². The van der Waals surface area contributed by atoms with Crippen molar-refractivity contribution in [2.24, 2.45) is 0 Å². The van der Waals surface area contributed by atoms with Crippen molar-refractivity contribution in [3.63, 3.8) is 0 Å². The molecule has 0 saturated heterocycles. The predicted molar refractivity (Wildman–Crippen MR) is 77.6 cm³/mol. The summed E-state index contributed by atoms with van der Waals surface area (Å²) in [5.41, 5.74) is 2.30. The molecule has 0 spiro atoms. The van der Waals surface area contributed by atoms with Crippen LogP contribution in [0.3, 0.4) is 0 Å². The molecule has 0 aliphatic rings. The number of halogens is 1. The summed E-state index contributed by atoms with van der Waals surface area (Å²) >= 11 is 3.63. The van der Waals surface area contributed by atoms with Gasteiger partial charge in [-0.05, 0) is 49.5 Å². The van der Waals surface area contributed by atoms with Crippen molar-refractivity contribution in [3.8, 4) is 0 Å². The molecule has 0 bridgehead atoms. The van der Waals surface area contributed by atoms with Gasteiger partial charge in [0, 0.05) is 19.1 Å². The van der Waals surface area contributed by atoms with Crippen LogP contribution < -0.4 is 5.32 Å². The van der Waals surface area contributed by atoms with Crippen LogP contribution in [-0.2, 0) is 19.5 Å². The number of hydrogen-bond donors (Lipinski definition) is 2. The molecule has 1 aromatic heterocycles. The lowest BCUT2D eigenvalue weighted by Crippen LogP contribution is -2.29. The summed E-state index contributed by atoms with van der Waals surface area (Å²) in [5.74, 6) is 0. The van der Waals surface area contributed by atoms with Gasteiger partial charge in [0.2, 0.25) is 0 Å². The number of aromatic nitrogens is 2. The Morgan fingerprint density at radius 1 is 1.39 bits per heavy atom. The van der Waals surface area contributed by atoms with Gasteiger partial charge in [0.15, 0.2) is 0 Å². The van der Waals surface area contributed by atoms with Crippen LogP contribution in [0.15, 0.2) is 4.47 Å². The van der Waals surface area contributed by atoms with Crippen LogP contribution in [0.25, 0.3) is 0 Å². The van der Waals surface area contributed by atoms with Crippen LogP contribution in [0.5, 0.6) is 0 Å². The van der Waals surface area contributed by atoms with Crippen LogP contribution in [0.4, 0.5) is 0 Å². The van der Waals surface area contributed by atoms with Gasteiger partial charge in [-0.3, -0.25) is 4.68 Å². The molecule has 1 rings (SSSR count). The van der Waals surface area contributed by atoms with E-state index in [2.05, 4.69) is 47.1 Å². The number of nitrogens with one attached hydrogen (secondary N) is 1. The van der Waals surface area contributed by atoms with E-state index in [-0.39, 0.29) is 6.10 Å². The molecule has 0 saturated carbocycles. The van der Waals surface area contributed by atoms with E-state index in [4.69, 9.17) is 0 Å². The number of aliphatic hydroxyl groups is 1. The van der Waals surface area contributed by atoms with Gasteiger partial charge in [-0.1, -0.05) is 6.92 Å². The fourth-order valence-electron chi connectivity index (χ4n) is 2.05. The Kier molecular flexibility index (Phi) is 6.32. The Labute approximate surface area is 118 Å². The second-order valence-electron chi connectivity index (χ2n) is 4.74. The summed E-state index contributed by atoms with van der Waals surface area (Å²) < 4.78 is 3.15. The topological polar surface area (TPSA) is 50.1 Å². The molecule has 2 atom stereocenters. The van der Waals surface area contributed by atoms with E-state index in [1.807, 2.05) is 11.6 Å². The van der Waals surface area contributed by atoms with Crippen molar-refractivity contribution < 1.29 is 5.11 Å². The Balaban J connectivity index is 2.69. The number of hydrogen-bond acceptors (Lipinski definition) is 3.